The SMILES string of the molecule is CC(C)NC(=O)Nc1cccc(C(=O)N(C)C2CC3CCC(C2)N3)c1. The lowest BCUT2D eigenvalue weighted by molar-refractivity contribution is 0.0681. The zero-order valence-electron chi connectivity index (χ0n) is 15.2. The van der Waals surface area contributed by atoms with Gasteiger partial charge in [0.05, 0.1) is 0 Å². The summed E-state index contributed by atoms with van der Waals surface area (Å²) in [7, 11) is 1.89. The molecule has 0 saturated carbocycles. The van der Waals surface area contributed by atoms with Gasteiger partial charge in [-0.15, -0.1) is 0 Å². The van der Waals surface area contributed by atoms with Crippen molar-refractivity contribution < 1.29 is 9.59 Å². The highest BCUT2D eigenvalue weighted by atomic mass is 16.2. The van der Waals surface area contributed by atoms with Crippen molar-refractivity contribution in [3.8, 4) is 0 Å². The Kier molecular flexibility index (Phi) is 5.27. The first-order valence-electron chi connectivity index (χ1n) is 9.13. The number of hydrogen-bond donors (Lipinski definition) is 3. The third kappa shape index (κ3) is 4.31. The quantitative estimate of drug-likeness (QED) is 0.786. The smallest absolute Gasteiger partial charge is 0.319 e. The Morgan fingerprint density at radius 1 is 1.20 bits per heavy atom. The lowest BCUT2D eigenvalue weighted by Crippen LogP contribution is -2.48. The number of amides is 3. The molecule has 25 heavy (non-hydrogen) atoms. The first-order valence-corrected chi connectivity index (χ1v) is 9.13. The fraction of sp³-hybridized carbons (Fsp3) is 0.579. The van der Waals surface area contributed by atoms with Crippen molar-refractivity contribution in [2.24, 2.45) is 0 Å². The molecule has 0 spiro atoms. The van der Waals surface area contributed by atoms with Crippen LogP contribution in [0.1, 0.15) is 49.9 Å². The Morgan fingerprint density at radius 3 is 2.52 bits per heavy atom. The van der Waals surface area contributed by atoms with Crippen molar-refractivity contribution in [1.82, 2.24) is 15.5 Å². The molecule has 2 fully saturated rings. The number of rotatable bonds is 4. The van der Waals surface area contributed by atoms with Gasteiger partial charge in [0.2, 0.25) is 0 Å². The Bertz CT molecular complexity index is 634. The van der Waals surface area contributed by atoms with Crippen LogP contribution in [0.15, 0.2) is 24.3 Å². The second-order valence-electron chi connectivity index (χ2n) is 7.51. The summed E-state index contributed by atoms with van der Waals surface area (Å²) < 4.78 is 0. The first kappa shape index (κ1) is 17.7. The number of carbonyl (C=O) groups is 2. The fourth-order valence-corrected chi connectivity index (χ4v) is 3.87. The van der Waals surface area contributed by atoms with Crippen LogP contribution in [0.3, 0.4) is 0 Å². The number of benzene rings is 1. The summed E-state index contributed by atoms with van der Waals surface area (Å²) in [4.78, 5) is 26.6. The number of carbonyl (C=O) groups excluding carboxylic acids is 2. The van der Waals surface area contributed by atoms with Gasteiger partial charge in [-0.2, -0.15) is 0 Å². The van der Waals surface area contributed by atoms with Crippen molar-refractivity contribution in [3.05, 3.63) is 29.8 Å². The van der Waals surface area contributed by atoms with E-state index >= 15 is 0 Å². The molecule has 2 bridgehead atoms. The van der Waals surface area contributed by atoms with Crippen molar-refractivity contribution >= 4 is 17.6 Å². The Balaban J connectivity index is 1.65. The number of piperidine rings is 1. The molecule has 1 aromatic carbocycles. The van der Waals surface area contributed by atoms with Crippen LogP contribution < -0.4 is 16.0 Å². The maximum atomic E-state index is 12.9. The van der Waals surface area contributed by atoms with Crippen LogP contribution in [0.5, 0.6) is 0 Å². The minimum atomic E-state index is -0.261. The highest BCUT2D eigenvalue weighted by Crippen LogP contribution is 2.30. The van der Waals surface area contributed by atoms with Gasteiger partial charge in [0.15, 0.2) is 0 Å². The van der Waals surface area contributed by atoms with Crippen molar-refractivity contribution in [2.75, 3.05) is 12.4 Å². The van der Waals surface area contributed by atoms with Gasteiger partial charge in [-0.25, -0.2) is 4.79 Å². The molecule has 2 unspecified atom stereocenters. The minimum absolute atomic E-state index is 0.0132. The highest BCUT2D eigenvalue weighted by Gasteiger charge is 2.36. The summed E-state index contributed by atoms with van der Waals surface area (Å²) in [5.74, 6) is 0.0132. The Morgan fingerprint density at radius 2 is 1.88 bits per heavy atom. The lowest BCUT2D eigenvalue weighted by Gasteiger charge is -2.35. The van der Waals surface area contributed by atoms with E-state index in [1.165, 1.54) is 12.8 Å². The largest absolute Gasteiger partial charge is 0.339 e. The molecule has 1 aromatic rings. The summed E-state index contributed by atoms with van der Waals surface area (Å²) in [5.41, 5.74) is 1.23. The summed E-state index contributed by atoms with van der Waals surface area (Å²) in [6, 6.07) is 8.33. The average Bonchev–Trinajstić information content (AvgIpc) is 2.91. The molecule has 2 atom stereocenters. The molecule has 3 N–H and O–H groups in total. The highest BCUT2D eigenvalue weighted by molar-refractivity contribution is 5.97. The number of urea groups is 1. The Labute approximate surface area is 149 Å². The molecular formula is C19H28N4O2. The van der Waals surface area contributed by atoms with Crippen LogP contribution in [-0.2, 0) is 0 Å². The molecule has 2 aliphatic rings. The topological polar surface area (TPSA) is 73.5 Å². The van der Waals surface area contributed by atoms with E-state index in [9.17, 15) is 9.59 Å². The maximum absolute atomic E-state index is 12.9. The van der Waals surface area contributed by atoms with E-state index in [2.05, 4.69) is 16.0 Å². The standard InChI is InChI=1S/C19H28N4O2/c1-12(2)20-19(25)22-14-6-4-5-13(9-14)18(24)23(3)17-10-15-7-8-16(11-17)21-15/h4-6,9,12,15-17,21H,7-8,10-11H2,1-3H3,(H2,20,22,25). The molecular weight excluding hydrogens is 316 g/mol. The molecule has 0 aliphatic carbocycles. The van der Waals surface area contributed by atoms with Gasteiger partial charge in [-0.3, -0.25) is 4.79 Å². The van der Waals surface area contributed by atoms with Crippen LogP contribution in [0, 0.1) is 0 Å². The minimum Gasteiger partial charge on any atom is -0.339 e. The number of hydrogen-bond acceptors (Lipinski definition) is 3. The van der Waals surface area contributed by atoms with Crippen LogP contribution in [-0.4, -0.2) is 48.1 Å². The normalized spacial score (nSPS) is 24.9. The van der Waals surface area contributed by atoms with Crippen molar-refractivity contribution in [3.63, 3.8) is 0 Å². The predicted molar refractivity (Wildman–Crippen MR) is 98.8 cm³/mol. The van der Waals surface area contributed by atoms with E-state index in [-0.39, 0.29) is 24.0 Å². The van der Waals surface area contributed by atoms with E-state index in [4.69, 9.17) is 0 Å². The Hall–Kier alpha value is -2.08. The third-order valence-corrected chi connectivity index (χ3v) is 5.10. The van der Waals surface area contributed by atoms with Crippen LogP contribution in [0.2, 0.25) is 0 Å². The molecule has 2 saturated heterocycles. The average molecular weight is 344 g/mol. The zero-order chi connectivity index (χ0) is 18.0. The molecule has 6 nitrogen and oxygen atoms in total. The van der Waals surface area contributed by atoms with Gasteiger partial charge in [0, 0.05) is 42.5 Å². The summed E-state index contributed by atoms with van der Waals surface area (Å²) in [5, 5.41) is 9.17. The van der Waals surface area contributed by atoms with Crippen molar-refractivity contribution in [2.45, 2.75) is 63.7 Å². The maximum Gasteiger partial charge on any atom is 0.319 e. The molecule has 3 rings (SSSR count). The fourth-order valence-electron chi connectivity index (χ4n) is 3.87. The number of nitrogens with one attached hydrogen (secondary N) is 3. The lowest BCUT2D eigenvalue weighted by atomic mass is 9.98. The first-order chi connectivity index (χ1) is 11.9. The van der Waals surface area contributed by atoms with Crippen LogP contribution in [0.25, 0.3) is 0 Å². The van der Waals surface area contributed by atoms with E-state index in [0.29, 0.717) is 23.3 Å². The van der Waals surface area contributed by atoms with Gasteiger partial charge in [0.25, 0.3) is 5.91 Å². The zero-order valence-corrected chi connectivity index (χ0v) is 15.2. The second kappa shape index (κ2) is 7.44. The van der Waals surface area contributed by atoms with Gasteiger partial charge in [0.1, 0.15) is 0 Å². The van der Waals surface area contributed by atoms with Crippen LogP contribution in [0.4, 0.5) is 10.5 Å². The molecule has 0 radical (unpaired) electrons. The number of nitrogens with zero attached hydrogens (tertiary/aromatic N) is 1. The van der Waals surface area contributed by atoms with E-state index in [1.807, 2.05) is 25.8 Å². The molecule has 3 amide bonds. The second-order valence-corrected chi connectivity index (χ2v) is 7.51. The number of anilines is 1. The summed E-state index contributed by atoms with van der Waals surface area (Å²) >= 11 is 0. The third-order valence-electron chi connectivity index (χ3n) is 5.10. The summed E-state index contributed by atoms with van der Waals surface area (Å²) in [6.45, 7) is 3.81. The van der Waals surface area contributed by atoms with Gasteiger partial charge in [-0.1, -0.05) is 6.07 Å². The van der Waals surface area contributed by atoms with Gasteiger partial charge in [-0.05, 0) is 57.7 Å². The van der Waals surface area contributed by atoms with E-state index in [0.717, 1.165) is 12.8 Å². The van der Waals surface area contributed by atoms with E-state index in [1.54, 1.807) is 24.3 Å². The molecule has 136 valence electrons. The monoisotopic (exact) mass is 344 g/mol. The summed E-state index contributed by atoms with van der Waals surface area (Å²) in [6.07, 6.45) is 4.47. The van der Waals surface area contributed by atoms with Crippen LogP contribution >= 0.6 is 0 Å². The molecule has 2 heterocycles. The van der Waals surface area contributed by atoms with Gasteiger partial charge >= 0.3 is 6.03 Å². The van der Waals surface area contributed by atoms with Crippen molar-refractivity contribution in [1.29, 1.82) is 0 Å². The van der Waals surface area contributed by atoms with E-state index < -0.39 is 0 Å². The molecule has 2 aliphatic heterocycles. The molecule has 6 heteroatoms. The van der Waals surface area contributed by atoms with Gasteiger partial charge < -0.3 is 20.9 Å². The molecule has 0 aromatic heterocycles. The number of fused-ring (bicyclic) bond motifs is 2. The predicted octanol–water partition coefficient (Wildman–Crippen LogP) is 2.57.